The molecule has 0 aliphatic heterocycles. The molecule has 2 heterocycles. The van der Waals surface area contributed by atoms with Gasteiger partial charge in [0.05, 0.1) is 0 Å². The van der Waals surface area contributed by atoms with Crippen LogP contribution in [0.15, 0.2) is 0 Å². The van der Waals surface area contributed by atoms with Gasteiger partial charge in [-0.15, -0.1) is 10.2 Å². The maximum absolute atomic E-state index is 11.9. The van der Waals surface area contributed by atoms with Crippen molar-refractivity contribution in [1.82, 2.24) is 30.4 Å². The monoisotopic (exact) mass is 334 g/mol. The van der Waals surface area contributed by atoms with E-state index in [1.54, 1.807) is 11.3 Å². The van der Waals surface area contributed by atoms with Crippen LogP contribution in [0.25, 0.3) is 4.96 Å². The molecule has 124 valence electrons. The van der Waals surface area contributed by atoms with Crippen molar-refractivity contribution in [2.24, 2.45) is 0 Å². The standard InChI is InChI=1S/C15H22N6OS/c22-14(17-11-4-2-1-3-5-11)16-9-8-12-20-21-13(10-6-7-10)18-19-15(21)23-12/h10-11H,1-9H2,(H2,16,17,22). The summed E-state index contributed by atoms with van der Waals surface area (Å²) in [6.07, 6.45) is 9.07. The maximum atomic E-state index is 11.9. The summed E-state index contributed by atoms with van der Waals surface area (Å²) in [6, 6.07) is 0.289. The van der Waals surface area contributed by atoms with Crippen LogP contribution < -0.4 is 10.6 Å². The van der Waals surface area contributed by atoms with Gasteiger partial charge in [0.1, 0.15) is 5.01 Å². The first kappa shape index (κ1) is 14.9. The number of urea groups is 1. The zero-order valence-corrected chi connectivity index (χ0v) is 13.9. The SMILES string of the molecule is O=C(NCCc1nn2c(C3CC3)nnc2s1)NC1CCCCC1. The highest BCUT2D eigenvalue weighted by molar-refractivity contribution is 7.16. The lowest BCUT2D eigenvalue weighted by molar-refractivity contribution is 0.233. The molecule has 2 aliphatic rings. The Morgan fingerprint density at radius 1 is 1.17 bits per heavy atom. The zero-order valence-electron chi connectivity index (χ0n) is 13.1. The van der Waals surface area contributed by atoms with Crippen LogP contribution in [0.3, 0.4) is 0 Å². The lowest BCUT2D eigenvalue weighted by atomic mass is 9.96. The molecule has 0 aromatic carbocycles. The Labute approximate surface area is 138 Å². The van der Waals surface area contributed by atoms with E-state index in [0.717, 1.165) is 35.1 Å². The smallest absolute Gasteiger partial charge is 0.315 e. The summed E-state index contributed by atoms with van der Waals surface area (Å²) in [5.41, 5.74) is 0. The number of hydrogen-bond acceptors (Lipinski definition) is 5. The molecule has 2 saturated carbocycles. The van der Waals surface area contributed by atoms with Crippen molar-refractivity contribution in [2.75, 3.05) is 6.54 Å². The third-order valence-corrected chi connectivity index (χ3v) is 5.52. The fourth-order valence-electron chi connectivity index (χ4n) is 3.14. The predicted molar refractivity (Wildman–Crippen MR) is 87.7 cm³/mol. The molecule has 0 atom stereocenters. The number of aromatic nitrogens is 4. The van der Waals surface area contributed by atoms with Crippen molar-refractivity contribution in [3.8, 4) is 0 Å². The first-order valence-electron chi connectivity index (χ1n) is 8.55. The van der Waals surface area contributed by atoms with Crippen LogP contribution in [-0.4, -0.2) is 38.4 Å². The largest absolute Gasteiger partial charge is 0.338 e. The molecule has 0 saturated heterocycles. The number of rotatable bonds is 5. The third-order valence-electron chi connectivity index (χ3n) is 4.56. The minimum absolute atomic E-state index is 0.0569. The van der Waals surface area contributed by atoms with E-state index >= 15 is 0 Å². The van der Waals surface area contributed by atoms with Crippen LogP contribution in [0.4, 0.5) is 4.79 Å². The van der Waals surface area contributed by atoms with Gasteiger partial charge in [0.25, 0.3) is 0 Å². The van der Waals surface area contributed by atoms with Gasteiger partial charge in [-0.25, -0.2) is 4.79 Å². The summed E-state index contributed by atoms with van der Waals surface area (Å²) in [6.45, 7) is 0.599. The van der Waals surface area contributed by atoms with Crippen molar-refractivity contribution in [3.63, 3.8) is 0 Å². The second-order valence-corrected chi connectivity index (χ2v) is 7.55. The van der Waals surface area contributed by atoms with Crippen molar-refractivity contribution in [3.05, 3.63) is 10.8 Å². The average Bonchev–Trinajstić information content (AvgIpc) is 3.19. The molecule has 2 fully saturated rings. The molecular formula is C15H22N6OS. The fourth-order valence-corrected chi connectivity index (χ4v) is 3.97. The number of amides is 2. The Balaban J connectivity index is 1.26. The van der Waals surface area contributed by atoms with E-state index in [1.807, 2.05) is 4.52 Å². The first-order chi connectivity index (χ1) is 11.3. The second kappa shape index (κ2) is 6.43. The Morgan fingerprint density at radius 3 is 2.78 bits per heavy atom. The fraction of sp³-hybridized carbons (Fsp3) is 0.733. The van der Waals surface area contributed by atoms with Gasteiger partial charge in [-0.1, -0.05) is 30.6 Å². The van der Waals surface area contributed by atoms with Crippen LogP contribution in [0, 0.1) is 0 Å². The zero-order chi connectivity index (χ0) is 15.6. The lowest BCUT2D eigenvalue weighted by Gasteiger charge is -2.22. The molecular weight excluding hydrogens is 312 g/mol. The van der Waals surface area contributed by atoms with Gasteiger partial charge in [0.15, 0.2) is 5.82 Å². The van der Waals surface area contributed by atoms with E-state index in [0.29, 0.717) is 18.5 Å². The molecule has 2 aromatic rings. The number of hydrogen-bond donors (Lipinski definition) is 2. The van der Waals surface area contributed by atoms with E-state index in [4.69, 9.17) is 0 Å². The normalized spacial score (nSPS) is 19.1. The van der Waals surface area contributed by atoms with Crippen LogP contribution in [0.2, 0.25) is 0 Å². The summed E-state index contributed by atoms with van der Waals surface area (Å²) >= 11 is 1.56. The second-order valence-electron chi connectivity index (χ2n) is 6.51. The molecule has 2 amide bonds. The van der Waals surface area contributed by atoms with E-state index in [9.17, 15) is 4.79 Å². The first-order valence-corrected chi connectivity index (χ1v) is 9.36. The molecule has 7 nitrogen and oxygen atoms in total. The van der Waals surface area contributed by atoms with Gasteiger partial charge in [0, 0.05) is 24.9 Å². The molecule has 0 spiro atoms. The Morgan fingerprint density at radius 2 is 2.00 bits per heavy atom. The highest BCUT2D eigenvalue weighted by atomic mass is 32.1. The summed E-state index contributed by atoms with van der Waals surface area (Å²) in [7, 11) is 0. The molecule has 0 radical (unpaired) electrons. The van der Waals surface area contributed by atoms with Gasteiger partial charge >= 0.3 is 6.03 Å². The Kier molecular flexibility index (Phi) is 4.15. The summed E-state index contributed by atoms with van der Waals surface area (Å²) < 4.78 is 1.87. The van der Waals surface area contributed by atoms with Gasteiger partial charge < -0.3 is 10.6 Å². The minimum Gasteiger partial charge on any atom is -0.338 e. The van der Waals surface area contributed by atoms with Gasteiger partial charge in [-0.3, -0.25) is 0 Å². The highest BCUT2D eigenvalue weighted by Crippen LogP contribution is 2.39. The van der Waals surface area contributed by atoms with Crippen LogP contribution >= 0.6 is 11.3 Å². The number of carbonyl (C=O) groups is 1. The van der Waals surface area contributed by atoms with E-state index in [1.165, 1.54) is 32.1 Å². The number of fused-ring (bicyclic) bond motifs is 1. The van der Waals surface area contributed by atoms with E-state index in [2.05, 4.69) is 25.9 Å². The number of carbonyl (C=O) groups excluding carboxylic acids is 1. The van der Waals surface area contributed by atoms with E-state index < -0.39 is 0 Å². The van der Waals surface area contributed by atoms with Crippen molar-refractivity contribution < 1.29 is 4.79 Å². The predicted octanol–water partition coefficient (Wildman–Crippen LogP) is 2.24. The molecule has 0 bridgehead atoms. The van der Waals surface area contributed by atoms with Gasteiger partial charge in [0.2, 0.25) is 4.96 Å². The summed E-state index contributed by atoms with van der Waals surface area (Å²) in [5.74, 6) is 1.53. The van der Waals surface area contributed by atoms with E-state index in [-0.39, 0.29) is 6.03 Å². The summed E-state index contributed by atoms with van der Waals surface area (Å²) in [5, 5.41) is 20.0. The average molecular weight is 334 g/mol. The van der Waals surface area contributed by atoms with Crippen molar-refractivity contribution in [1.29, 1.82) is 0 Å². The maximum Gasteiger partial charge on any atom is 0.315 e. The number of nitrogens with zero attached hydrogens (tertiary/aromatic N) is 4. The van der Waals surface area contributed by atoms with Crippen LogP contribution in [0.5, 0.6) is 0 Å². The quantitative estimate of drug-likeness (QED) is 0.878. The molecule has 0 unspecified atom stereocenters. The third kappa shape index (κ3) is 3.46. The van der Waals surface area contributed by atoms with Crippen molar-refractivity contribution in [2.45, 2.75) is 63.3 Å². The Bertz CT molecular complexity index is 685. The van der Waals surface area contributed by atoms with Crippen LogP contribution in [-0.2, 0) is 6.42 Å². The van der Waals surface area contributed by atoms with Gasteiger partial charge in [-0.05, 0) is 25.7 Å². The Hall–Kier alpha value is -1.70. The molecule has 8 heteroatoms. The topological polar surface area (TPSA) is 84.2 Å². The highest BCUT2D eigenvalue weighted by Gasteiger charge is 2.30. The van der Waals surface area contributed by atoms with Gasteiger partial charge in [-0.2, -0.15) is 9.61 Å². The van der Waals surface area contributed by atoms with Crippen LogP contribution in [0.1, 0.15) is 61.7 Å². The molecule has 2 N–H and O–H groups in total. The molecule has 23 heavy (non-hydrogen) atoms. The molecule has 2 aromatic heterocycles. The number of nitrogens with one attached hydrogen (secondary N) is 2. The molecule has 4 rings (SSSR count). The van der Waals surface area contributed by atoms with Crippen molar-refractivity contribution >= 4 is 22.3 Å². The lowest BCUT2D eigenvalue weighted by Crippen LogP contribution is -2.43. The summed E-state index contributed by atoms with van der Waals surface area (Å²) in [4.78, 5) is 12.8. The minimum atomic E-state index is -0.0569. The molecule has 2 aliphatic carbocycles.